The second-order valence-electron chi connectivity index (χ2n) is 13.1. The third kappa shape index (κ3) is 7.78. The van der Waals surface area contributed by atoms with Crippen molar-refractivity contribution in [2.75, 3.05) is 39.8 Å². The number of fused-ring (bicyclic) bond motifs is 1. The standard InChI is InChI=1S/C36H40F3N7O2.2ClH/c1-48-32-17-16-29(46-35(36(37,38)39)40-41-42-46)20-28(32)21-43-22-30-23-44(34(47)27-14-8-9-15-27)18-19-45(30)31(24-43)33(25-10-4-2-5-11-25)26-12-6-3-7-13-26;;/h2-7,10-13,16-17,20,27,30-31,33H,8-9,14-15,18-19,21-24H2,1H3;2*1H/t30-,31+;;/m1../s1. The Morgan fingerprint density at radius 3 is 2.18 bits per heavy atom. The van der Waals surface area contributed by atoms with Gasteiger partial charge in [-0.2, -0.15) is 17.9 Å². The lowest BCUT2D eigenvalue weighted by atomic mass is 9.81. The molecule has 0 spiro atoms. The van der Waals surface area contributed by atoms with Crippen molar-refractivity contribution in [2.24, 2.45) is 5.92 Å². The highest BCUT2D eigenvalue weighted by Gasteiger charge is 2.44. The fourth-order valence-electron chi connectivity index (χ4n) is 8.02. The molecule has 3 fully saturated rings. The van der Waals surface area contributed by atoms with Gasteiger partial charge in [0.1, 0.15) is 5.75 Å². The summed E-state index contributed by atoms with van der Waals surface area (Å²) in [6, 6.07) is 26.1. The molecule has 3 aromatic carbocycles. The van der Waals surface area contributed by atoms with Gasteiger partial charge in [0.2, 0.25) is 5.91 Å². The highest BCUT2D eigenvalue weighted by Crippen LogP contribution is 2.38. The number of aromatic nitrogens is 4. The lowest BCUT2D eigenvalue weighted by Gasteiger charge is -2.54. The number of halogens is 5. The Balaban J connectivity index is 0.00000243. The molecule has 2 saturated heterocycles. The van der Waals surface area contributed by atoms with E-state index in [2.05, 4.69) is 78.8 Å². The zero-order valence-corrected chi connectivity index (χ0v) is 29.4. The van der Waals surface area contributed by atoms with Crippen molar-refractivity contribution >= 4 is 30.7 Å². The lowest BCUT2D eigenvalue weighted by molar-refractivity contribution is -0.146. The first-order valence-corrected chi connectivity index (χ1v) is 16.7. The average Bonchev–Trinajstić information content (AvgIpc) is 3.83. The molecule has 1 amide bonds. The van der Waals surface area contributed by atoms with Crippen molar-refractivity contribution in [3.63, 3.8) is 0 Å². The molecule has 1 saturated carbocycles. The summed E-state index contributed by atoms with van der Waals surface area (Å²) >= 11 is 0. The highest BCUT2D eigenvalue weighted by molar-refractivity contribution is 5.85. The molecule has 3 heterocycles. The normalized spacial score (nSPS) is 20.2. The number of benzene rings is 3. The molecule has 0 unspecified atom stereocenters. The largest absolute Gasteiger partial charge is 0.496 e. The van der Waals surface area contributed by atoms with E-state index in [0.717, 1.165) is 42.5 Å². The monoisotopic (exact) mass is 731 g/mol. The number of carbonyl (C=O) groups is 1. The van der Waals surface area contributed by atoms with Crippen LogP contribution in [0.25, 0.3) is 5.69 Å². The minimum absolute atomic E-state index is 0. The van der Waals surface area contributed by atoms with E-state index in [1.165, 1.54) is 17.2 Å². The molecule has 2 aliphatic heterocycles. The molecule has 2 atom stereocenters. The van der Waals surface area contributed by atoms with Crippen LogP contribution in [0.15, 0.2) is 78.9 Å². The fraction of sp³-hybridized carbons (Fsp3) is 0.444. The third-order valence-electron chi connectivity index (χ3n) is 10.2. The molecular formula is C36H42Cl2F3N7O2. The van der Waals surface area contributed by atoms with Crippen molar-refractivity contribution in [3.8, 4) is 11.4 Å². The van der Waals surface area contributed by atoms with Gasteiger partial charge in [-0.05, 0) is 52.6 Å². The Morgan fingerprint density at radius 2 is 1.56 bits per heavy atom. The van der Waals surface area contributed by atoms with Gasteiger partial charge in [0.15, 0.2) is 0 Å². The van der Waals surface area contributed by atoms with Crippen LogP contribution < -0.4 is 4.74 Å². The van der Waals surface area contributed by atoms with Gasteiger partial charge < -0.3 is 9.64 Å². The summed E-state index contributed by atoms with van der Waals surface area (Å²) < 4.78 is 47.5. The molecule has 3 aliphatic rings. The van der Waals surface area contributed by atoms with Gasteiger partial charge in [0.25, 0.3) is 5.82 Å². The minimum atomic E-state index is -4.71. The highest BCUT2D eigenvalue weighted by atomic mass is 35.5. The topological polar surface area (TPSA) is 79.6 Å². The van der Waals surface area contributed by atoms with E-state index in [0.29, 0.717) is 38.5 Å². The number of alkyl halides is 3. The van der Waals surface area contributed by atoms with Gasteiger partial charge in [-0.1, -0.05) is 73.5 Å². The summed E-state index contributed by atoms with van der Waals surface area (Å²) in [6.07, 6.45) is -0.547. The molecular weight excluding hydrogens is 690 g/mol. The van der Waals surface area contributed by atoms with Crippen LogP contribution in [0.1, 0.15) is 54.1 Å². The zero-order chi connectivity index (χ0) is 33.3. The van der Waals surface area contributed by atoms with Gasteiger partial charge in [0, 0.05) is 68.8 Å². The number of tetrazole rings is 1. The molecule has 1 aromatic heterocycles. The summed E-state index contributed by atoms with van der Waals surface area (Å²) in [5.41, 5.74) is 3.38. The number of piperazine rings is 2. The Kier molecular flexibility index (Phi) is 12.1. The third-order valence-corrected chi connectivity index (χ3v) is 10.2. The van der Waals surface area contributed by atoms with Crippen molar-refractivity contribution < 1.29 is 22.7 Å². The zero-order valence-electron chi connectivity index (χ0n) is 27.8. The van der Waals surface area contributed by atoms with Gasteiger partial charge in [-0.15, -0.1) is 29.9 Å². The number of rotatable bonds is 8. The maximum absolute atomic E-state index is 13.7. The van der Waals surface area contributed by atoms with E-state index >= 15 is 0 Å². The van der Waals surface area contributed by atoms with E-state index in [1.54, 1.807) is 19.2 Å². The van der Waals surface area contributed by atoms with Gasteiger partial charge in [0.05, 0.1) is 12.8 Å². The Hall–Kier alpha value is -3.71. The Labute approximate surface area is 302 Å². The lowest BCUT2D eigenvalue weighted by Crippen LogP contribution is -2.67. The average molecular weight is 733 g/mol. The second-order valence-corrected chi connectivity index (χ2v) is 13.1. The van der Waals surface area contributed by atoms with Crippen LogP contribution in [0.5, 0.6) is 5.75 Å². The number of ether oxygens (including phenoxy) is 1. The van der Waals surface area contributed by atoms with E-state index in [1.807, 2.05) is 12.1 Å². The maximum atomic E-state index is 13.7. The van der Waals surface area contributed by atoms with Gasteiger partial charge in [-0.25, -0.2) is 0 Å². The molecule has 14 heteroatoms. The quantitative estimate of drug-likeness (QED) is 0.212. The van der Waals surface area contributed by atoms with Crippen LogP contribution in [0.3, 0.4) is 0 Å². The number of hydrogen-bond donors (Lipinski definition) is 0. The van der Waals surface area contributed by atoms with Crippen molar-refractivity contribution in [1.29, 1.82) is 0 Å². The van der Waals surface area contributed by atoms with Crippen LogP contribution in [-0.4, -0.2) is 92.7 Å². The number of hydrogen-bond acceptors (Lipinski definition) is 7. The predicted octanol–water partition coefficient (Wildman–Crippen LogP) is 6.25. The van der Waals surface area contributed by atoms with E-state index in [9.17, 15) is 18.0 Å². The molecule has 0 radical (unpaired) electrons. The van der Waals surface area contributed by atoms with Gasteiger partial charge >= 0.3 is 6.18 Å². The first-order valence-electron chi connectivity index (χ1n) is 16.7. The number of methoxy groups -OCH3 is 1. The fourth-order valence-corrected chi connectivity index (χ4v) is 8.02. The minimum Gasteiger partial charge on any atom is -0.496 e. The predicted molar refractivity (Wildman–Crippen MR) is 188 cm³/mol. The summed E-state index contributed by atoms with van der Waals surface area (Å²) in [5.74, 6) is -0.148. The van der Waals surface area contributed by atoms with Crippen molar-refractivity contribution in [3.05, 3.63) is 101 Å². The molecule has 7 rings (SSSR count). The van der Waals surface area contributed by atoms with Crippen LogP contribution in [0, 0.1) is 5.92 Å². The first-order chi connectivity index (χ1) is 23.3. The second kappa shape index (κ2) is 16.1. The summed E-state index contributed by atoms with van der Waals surface area (Å²) in [4.78, 5) is 20.7. The summed E-state index contributed by atoms with van der Waals surface area (Å²) in [5, 5.41) is 10.2. The molecule has 4 aromatic rings. The summed E-state index contributed by atoms with van der Waals surface area (Å²) in [7, 11) is 1.56. The smallest absolute Gasteiger partial charge is 0.453 e. The SMILES string of the molecule is COc1ccc(-n2nnnc2C(F)(F)F)cc1CN1C[C@@H]2CN(C(=O)C3CCCC3)CCN2[C@H](C(c2ccccc2)c2ccccc2)C1.Cl.Cl. The molecule has 9 nitrogen and oxygen atoms in total. The first kappa shape index (κ1) is 37.5. The molecule has 50 heavy (non-hydrogen) atoms. The maximum Gasteiger partial charge on any atom is 0.453 e. The molecule has 0 bridgehead atoms. The van der Waals surface area contributed by atoms with E-state index in [-0.39, 0.29) is 60.3 Å². The van der Waals surface area contributed by atoms with Crippen LogP contribution in [-0.2, 0) is 17.5 Å². The molecule has 0 N–H and O–H groups in total. The van der Waals surface area contributed by atoms with Crippen LogP contribution in [0.2, 0.25) is 0 Å². The van der Waals surface area contributed by atoms with Crippen molar-refractivity contribution in [1.82, 2.24) is 34.9 Å². The van der Waals surface area contributed by atoms with Crippen molar-refractivity contribution in [2.45, 2.75) is 56.4 Å². The van der Waals surface area contributed by atoms with E-state index in [4.69, 9.17) is 4.74 Å². The Bertz CT molecular complexity index is 1670. The number of carbonyl (C=O) groups excluding carboxylic acids is 1. The summed E-state index contributed by atoms with van der Waals surface area (Å²) in [6.45, 7) is 4.00. The molecule has 268 valence electrons. The molecule has 1 aliphatic carbocycles. The van der Waals surface area contributed by atoms with Crippen LogP contribution in [0.4, 0.5) is 13.2 Å². The Morgan fingerprint density at radius 1 is 0.900 bits per heavy atom. The van der Waals surface area contributed by atoms with Crippen LogP contribution >= 0.6 is 24.8 Å². The van der Waals surface area contributed by atoms with E-state index < -0.39 is 12.0 Å². The number of amides is 1. The van der Waals surface area contributed by atoms with Gasteiger partial charge in [-0.3, -0.25) is 14.6 Å². The number of nitrogens with zero attached hydrogens (tertiary/aromatic N) is 7.